The predicted octanol–water partition coefficient (Wildman–Crippen LogP) is 0.495. The second kappa shape index (κ2) is 3.75. The lowest BCUT2D eigenvalue weighted by Crippen LogP contribution is -2.11. The van der Waals surface area contributed by atoms with Crippen molar-refractivity contribution >= 4 is 20.9 Å². The SMILES string of the molecule is [O]S(=O)(=O)C(=O)c1ccc([N+](=O)[O-])cc1. The summed E-state index contributed by atoms with van der Waals surface area (Å²) in [6.07, 6.45) is 0. The summed E-state index contributed by atoms with van der Waals surface area (Å²) in [6, 6.07) is 3.71. The molecule has 7 nitrogen and oxygen atoms in total. The van der Waals surface area contributed by atoms with Gasteiger partial charge in [0.2, 0.25) is 0 Å². The fourth-order valence-corrected chi connectivity index (χ4v) is 1.29. The zero-order chi connectivity index (χ0) is 11.6. The molecular weight excluding hydrogens is 226 g/mol. The Labute approximate surface area is 84.2 Å². The van der Waals surface area contributed by atoms with Crippen molar-refractivity contribution in [2.24, 2.45) is 0 Å². The molecule has 0 fully saturated rings. The Balaban J connectivity index is 3.11. The number of benzene rings is 1. The number of carbonyl (C=O) groups excluding carboxylic acids is 1. The minimum Gasteiger partial charge on any atom is -0.273 e. The summed E-state index contributed by atoms with van der Waals surface area (Å²) in [5, 5.41) is 8.62. The molecule has 0 aliphatic heterocycles. The van der Waals surface area contributed by atoms with Crippen molar-refractivity contribution in [2.45, 2.75) is 0 Å². The molecule has 0 bridgehead atoms. The highest BCUT2D eigenvalue weighted by Crippen LogP contribution is 2.13. The first-order valence-electron chi connectivity index (χ1n) is 3.57. The van der Waals surface area contributed by atoms with Crippen LogP contribution >= 0.6 is 0 Å². The molecule has 1 rings (SSSR count). The Bertz CT molecular complexity index is 503. The van der Waals surface area contributed by atoms with E-state index in [1.54, 1.807) is 0 Å². The Morgan fingerprint density at radius 1 is 1.20 bits per heavy atom. The molecular formula is C7H4NO6S. The third-order valence-corrected chi connectivity index (χ3v) is 2.23. The van der Waals surface area contributed by atoms with Gasteiger partial charge in [-0.2, -0.15) is 8.42 Å². The van der Waals surface area contributed by atoms with Crippen molar-refractivity contribution in [2.75, 3.05) is 0 Å². The van der Waals surface area contributed by atoms with Crippen LogP contribution in [0.15, 0.2) is 24.3 Å². The highest BCUT2D eigenvalue weighted by molar-refractivity contribution is 8.01. The zero-order valence-corrected chi connectivity index (χ0v) is 7.93. The van der Waals surface area contributed by atoms with Crippen LogP contribution in [-0.2, 0) is 14.7 Å². The van der Waals surface area contributed by atoms with Crippen LogP contribution in [0.2, 0.25) is 0 Å². The van der Waals surface area contributed by atoms with E-state index in [1.807, 2.05) is 0 Å². The summed E-state index contributed by atoms with van der Waals surface area (Å²) in [7, 11) is -5.05. The lowest BCUT2D eigenvalue weighted by molar-refractivity contribution is -0.384. The van der Waals surface area contributed by atoms with Crippen LogP contribution in [-0.4, -0.2) is 18.5 Å². The first kappa shape index (κ1) is 11.3. The fraction of sp³-hybridized carbons (Fsp3) is 0. The van der Waals surface area contributed by atoms with Crippen LogP contribution in [0.3, 0.4) is 0 Å². The molecule has 0 saturated heterocycles. The van der Waals surface area contributed by atoms with E-state index in [4.69, 9.17) is 0 Å². The molecule has 79 valence electrons. The van der Waals surface area contributed by atoms with E-state index in [1.165, 1.54) is 0 Å². The van der Waals surface area contributed by atoms with Gasteiger partial charge in [-0.05, 0) is 12.1 Å². The van der Waals surface area contributed by atoms with Gasteiger partial charge in [0.1, 0.15) is 0 Å². The van der Waals surface area contributed by atoms with Gasteiger partial charge in [-0.15, -0.1) is 0 Å². The maximum atomic E-state index is 10.9. The zero-order valence-electron chi connectivity index (χ0n) is 7.11. The summed E-state index contributed by atoms with van der Waals surface area (Å²) in [5.74, 6) is 0. The standard InChI is InChI=1S/C7H4NO6S/c9-7(15(12,13)14)5-1-3-6(4-2-5)8(10)11/h1-4H. The normalized spacial score (nSPS) is 11.0. The molecule has 0 N–H and O–H groups in total. The molecule has 1 radical (unpaired) electrons. The van der Waals surface area contributed by atoms with E-state index in [-0.39, 0.29) is 5.69 Å². The molecule has 0 aromatic heterocycles. The molecule has 0 aliphatic rings. The van der Waals surface area contributed by atoms with Crippen molar-refractivity contribution in [1.29, 1.82) is 0 Å². The number of carbonyl (C=O) groups is 1. The second-order valence-corrected chi connectivity index (χ2v) is 3.82. The van der Waals surface area contributed by atoms with E-state index in [0.717, 1.165) is 24.3 Å². The van der Waals surface area contributed by atoms with E-state index in [2.05, 4.69) is 0 Å². The second-order valence-electron chi connectivity index (χ2n) is 2.55. The van der Waals surface area contributed by atoms with E-state index in [9.17, 15) is 27.9 Å². The summed E-state index contributed by atoms with van der Waals surface area (Å²) < 4.78 is 30.9. The van der Waals surface area contributed by atoms with Crippen LogP contribution in [0, 0.1) is 10.1 Å². The smallest absolute Gasteiger partial charge is 0.273 e. The van der Waals surface area contributed by atoms with Crippen molar-refractivity contribution < 1.29 is 22.7 Å². The monoisotopic (exact) mass is 230 g/mol. The largest absolute Gasteiger partial charge is 0.363 e. The summed E-state index contributed by atoms with van der Waals surface area (Å²) in [6.45, 7) is 0. The van der Waals surface area contributed by atoms with Gasteiger partial charge in [0.25, 0.3) is 5.69 Å². The number of rotatable bonds is 2. The first-order chi connectivity index (χ1) is 6.82. The number of non-ortho nitro benzene ring substituents is 1. The van der Waals surface area contributed by atoms with E-state index >= 15 is 0 Å². The number of hydrogen-bond donors (Lipinski definition) is 0. The van der Waals surface area contributed by atoms with Gasteiger partial charge in [-0.25, -0.2) is 0 Å². The molecule has 0 amide bonds. The molecule has 1 aromatic carbocycles. The first-order valence-corrected chi connectivity index (χ1v) is 4.98. The van der Waals surface area contributed by atoms with Crippen LogP contribution in [0.1, 0.15) is 10.4 Å². The van der Waals surface area contributed by atoms with Gasteiger partial charge in [-0.3, -0.25) is 14.9 Å². The summed E-state index contributed by atoms with van der Waals surface area (Å²) in [5.41, 5.74) is -0.689. The van der Waals surface area contributed by atoms with Gasteiger partial charge in [0.15, 0.2) is 0 Å². The number of nitrogens with zero attached hydrogens (tertiary/aromatic N) is 1. The van der Waals surface area contributed by atoms with E-state index in [0.29, 0.717) is 0 Å². The average molecular weight is 230 g/mol. The maximum absolute atomic E-state index is 10.9. The van der Waals surface area contributed by atoms with Crippen LogP contribution in [0.4, 0.5) is 5.69 Å². The lowest BCUT2D eigenvalue weighted by atomic mass is 10.2. The number of nitro groups is 1. The third kappa shape index (κ3) is 2.58. The lowest BCUT2D eigenvalue weighted by Gasteiger charge is -1.95. The molecule has 8 heteroatoms. The quantitative estimate of drug-likeness (QED) is 0.541. The predicted molar refractivity (Wildman–Crippen MR) is 47.0 cm³/mol. The van der Waals surface area contributed by atoms with Crippen molar-refractivity contribution in [1.82, 2.24) is 0 Å². The fourth-order valence-electron chi connectivity index (χ4n) is 0.864. The van der Waals surface area contributed by atoms with Crippen molar-refractivity contribution in [3.05, 3.63) is 39.9 Å². The van der Waals surface area contributed by atoms with Gasteiger partial charge in [0.05, 0.1) is 4.92 Å². The average Bonchev–Trinajstić information content (AvgIpc) is 2.15. The molecule has 1 aromatic rings. The van der Waals surface area contributed by atoms with Gasteiger partial charge in [0, 0.05) is 17.7 Å². The molecule has 0 spiro atoms. The van der Waals surface area contributed by atoms with Gasteiger partial charge in [-0.1, -0.05) is 4.55 Å². The molecule has 15 heavy (non-hydrogen) atoms. The Hall–Kier alpha value is -1.80. The third-order valence-electron chi connectivity index (χ3n) is 1.54. The van der Waals surface area contributed by atoms with Crippen LogP contribution < -0.4 is 0 Å². The van der Waals surface area contributed by atoms with Crippen LogP contribution in [0.25, 0.3) is 0 Å². The van der Waals surface area contributed by atoms with Crippen molar-refractivity contribution in [3.8, 4) is 0 Å². The minimum atomic E-state index is -5.05. The highest BCUT2D eigenvalue weighted by Gasteiger charge is 2.22. The summed E-state index contributed by atoms with van der Waals surface area (Å²) in [4.78, 5) is 20.4. The molecule has 0 saturated carbocycles. The Morgan fingerprint density at radius 3 is 2.00 bits per heavy atom. The number of nitro benzene ring substituents is 1. The molecule has 0 aliphatic carbocycles. The highest BCUT2D eigenvalue weighted by atomic mass is 32.2. The Kier molecular flexibility index (Phi) is 2.82. The minimum absolute atomic E-state index is 0.296. The number of hydrogen-bond acceptors (Lipinski definition) is 5. The van der Waals surface area contributed by atoms with E-state index < -0.39 is 25.7 Å². The van der Waals surface area contributed by atoms with Crippen LogP contribution in [0.5, 0.6) is 0 Å². The molecule has 0 unspecified atom stereocenters. The van der Waals surface area contributed by atoms with Crippen molar-refractivity contribution in [3.63, 3.8) is 0 Å². The van der Waals surface area contributed by atoms with Gasteiger partial charge >= 0.3 is 15.2 Å². The maximum Gasteiger partial charge on any atom is 0.363 e. The summed E-state index contributed by atoms with van der Waals surface area (Å²) >= 11 is 0. The topological polar surface area (TPSA) is 114 Å². The molecule has 0 heterocycles. The Morgan fingerprint density at radius 2 is 1.67 bits per heavy atom. The molecule has 0 atom stereocenters. The van der Waals surface area contributed by atoms with Gasteiger partial charge < -0.3 is 0 Å².